The second-order valence-corrected chi connectivity index (χ2v) is 10.9. The Labute approximate surface area is 178 Å². The lowest BCUT2D eigenvalue weighted by atomic mass is 9.94. The van der Waals surface area contributed by atoms with Crippen LogP contribution in [0.4, 0.5) is 0 Å². The van der Waals surface area contributed by atoms with Gasteiger partial charge in [-0.1, -0.05) is 13.8 Å². The van der Waals surface area contributed by atoms with Crippen LogP contribution < -0.4 is 5.32 Å². The molecule has 8 heteroatoms. The number of aromatic amines is 1. The number of benzene rings is 1. The molecule has 0 radical (unpaired) electrons. The van der Waals surface area contributed by atoms with Gasteiger partial charge in [-0.3, -0.25) is 4.79 Å². The number of amides is 1. The van der Waals surface area contributed by atoms with E-state index < -0.39 is 10.0 Å². The number of piperidine rings is 1. The van der Waals surface area contributed by atoms with Crippen LogP contribution in [0, 0.1) is 17.8 Å². The van der Waals surface area contributed by atoms with Crippen LogP contribution in [0.2, 0.25) is 0 Å². The number of hydrogen-bond donors (Lipinski definition) is 2. The van der Waals surface area contributed by atoms with E-state index in [2.05, 4.69) is 24.1 Å². The molecule has 0 saturated carbocycles. The van der Waals surface area contributed by atoms with Gasteiger partial charge in [-0.2, -0.15) is 4.31 Å². The fourth-order valence-corrected chi connectivity index (χ4v) is 6.34. The summed E-state index contributed by atoms with van der Waals surface area (Å²) in [5.74, 6) is 0.981. The van der Waals surface area contributed by atoms with E-state index >= 15 is 0 Å². The Hall–Kier alpha value is -1.90. The highest BCUT2D eigenvalue weighted by atomic mass is 32.2. The lowest BCUT2D eigenvalue weighted by Crippen LogP contribution is -2.42. The maximum absolute atomic E-state index is 13.2. The molecule has 2 atom stereocenters. The normalized spacial score (nSPS) is 24.2. The Morgan fingerprint density at radius 3 is 2.57 bits per heavy atom. The second kappa shape index (κ2) is 8.69. The molecule has 2 unspecified atom stereocenters. The van der Waals surface area contributed by atoms with Crippen molar-refractivity contribution in [3.8, 4) is 0 Å². The molecule has 3 heterocycles. The Morgan fingerprint density at radius 1 is 1.17 bits per heavy atom. The first kappa shape index (κ1) is 21.3. The lowest BCUT2D eigenvalue weighted by Gasteiger charge is -2.34. The van der Waals surface area contributed by atoms with Crippen LogP contribution in [0.15, 0.2) is 29.2 Å². The zero-order valence-corrected chi connectivity index (χ0v) is 18.5. The fraction of sp³-hybridized carbons (Fsp3) is 0.591. The summed E-state index contributed by atoms with van der Waals surface area (Å²) in [5, 5.41) is 3.71. The molecular formula is C22H31N3O4S. The number of ether oxygens (including phenoxy) is 1. The van der Waals surface area contributed by atoms with Crippen molar-refractivity contribution in [2.45, 2.75) is 38.0 Å². The van der Waals surface area contributed by atoms with E-state index in [4.69, 9.17) is 4.74 Å². The molecule has 0 spiro atoms. The molecule has 164 valence electrons. The Kier molecular flexibility index (Phi) is 6.18. The van der Waals surface area contributed by atoms with Crippen molar-refractivity contribution in [3.63, 3.8) is 0 Å². The summed E-state index contributed by atoms with van der Waals surface area (Å²) in [7, 11) is -3.55. The third kappa shape index (κ3) is 4.55. The molecule has 2 aromatic rings. The predicted octanol–water partition coefficient (Wildman–Crippen LogP) is 2.99. The van der Waals surface area contributed by atoms with Gasteiger partial charge in [0.1, 0.15) is 5.69 Å². The van der Waals surface area contributed by atoms with Gasteiger partial charge in [-0.15, -0.1) is 0 Å². The van der Waals surface area contributed by atoms with Gasteiger partial charge in [0.25, 0.3) is 5.91 Å². The van der Waals surface area contributed by atoms with Crippen molar-refractivity contribution in [1.29, 1.82) is 0 Å². The van der Waals surface area contributed by atoms with Crippen LogP contribution in [-0.4, -0.2) is 56.5 Å². The standard InChI is InChI=1S/C22H31N3O4S/c1-15-9-16(2)14-25(13-15)30(27,28)19-3-4-20-18(10-19)11-21(24-20)22(26)23-12-17-5-7-29-8-6-17/h3-4,10-11,15-17,24H,5-9,12-14H2,1-2H3,(H,23,26). The van der Waals surface area contributed by atoms with Crippen molar-refractivity contribution in [3.05, 3.63) is 30.0 Å². The van der Waals surface area contributed by atoms with Gasteiger partial charge in [0.05, 0.1) is 4.90 Å². The van der Waals surface area contributed by atoms with Crippen molar-refractivity contribution < 1.29 is 17.9 Å². The van der Waals surface area contributed by atoms with E-state index in [-0.39, 0.29) is 10.8 Å². The summed E-state index contributed by atoms with van der Waals surface area (Å²) in [4.78, 5) is 16.0. The zero-order valence-electron chi connectivity index (χ0n) is 17.7. The molecule has 1 aromatic heterocycles. The third-order valence-corrected chi connectivity index (χ3v) is 8.03. The number of H-pyrrole nitrogens is 1. The third-order valence-electron chi connectivity index (χ3n) is 6.20. The number of carbonyl (C=O) groups is 1. The summed E-state index contributed by atoms with van der Waals surface area (Å²) < 4.78 is 33.3. The van der Waals surface area contributed by atoms with Crippen LogP contribution in [0.5, 0.6) is 0 Å². The number of carbonyl (C=O) groups excluding carboxylic acids is 1. The number of hydrogen-bond acceptors (Lipinski definition) is 4. The maximum Gasteiger partial charge on any atom is 0.267 e. The maximum atomic E-state index is 13.2. The first-order valence-electron chi connectivity index (χ1n) is 10.8. The van der Waals surface area contributed by atoms with Crippen molar-refractivity contribution in [2.75, 3.05) is 32.8 Å². The van der Waals surface area contributed by atoms with Gasteiger partial charge in [0.2, 0.25) is 10.0 Å². The number of nitrogens with one attached hydrogen (secondary N) is 2. The van der Waals surface area contributed by atoms with E-state index in [0.29, 0.717) is 43.1 Å². The smallest absolute Gasteiger partial charge is 0.267 e. The molecule has 1 amide bonds. The lowest BCUT2D eigenvalue weighted by molar-refractivity contribution is 0.0642. The highest BCUT2D eigenvalue weighted by molar-refractivity contribution is 7.89. The van der Waals surface area contributed by atoms with Crippen LogP contribution in [0.3, 0.4) is 0 Å². The highest BCUT2D eigenvalue weighted by Gasteiger charge is 2.31. The van der Waals surface area contributed by atoms with Crippen LogP contribution in [0.25, 0.3) is 10.9 Å². The van der Waals surface area contributed by atoms with Crippen molar-refractivity contribution >= 4 is 26.8 Å². The average molecular weight is 434 g/mol. The SMILES string of the molecule is CC1CC(C)CN(S(=O)(=O)c2ccc3[nH]c(C(=O)NCC4CCOCC4)cc3c2)C1. The molecule has 2 aliphatic heterocycles. The monoisotopic (exact) mass is 433 g/mol. The fourth-order valence-electron chi connectivity index (χ4n) is 4.63. The summed E-state index contributed by atoms with van der Waals surface area (Å²) in [6, 6.07) is 6.77. The molecule has 2 fully saturated rings. The molecule has 0 aliphatic carbocycles. The van der Waals surface area contributed by atoms with Gasteiger partial charge in [0.15, 0.2) is 0 Å². The molecule has 1 aromatic carbocycles. The number of sulfonamides is 1. The topological polar surface area (TPSA) is 91.5 Å². The van der Waals surface area contributed by atoms with Gasteiger partial charge in [0, 0.05) is 43.8 Å². The molecule has 2 N–H and O–H groups in total. The van der Waals surface area contributed by atoms with Gasteiger partial charge < -0.3 is 15.0 Å². The summed E-state index contributed by atoms with van der Waals surface area (Å²) in [6.45, 7) is 7.42. The second-order valence-electron chi connectivity index (χ2n) is 8.97. The largest absolute Gasteiger partial charge is 0.381 e. The molecule has 2 saturated heterocycles. The van der Waals surface area contributed by atoms with Crippen molar-refractivity contribution in [2.24, 2.45) is 17.8 Å². The first-order valence-corrected chi connectivity index (χ1v) is 12.3. The molecule has 4 rings (SSSR count). The molecule has 2 aliphatic rings. The molecule has 30 heavy (non-hydrogen) atoms. The Morgan fingerprint density at radius 2 is 1.87 bits per heavy atom. The van der Waals surface area contributed by atoms with Crippen LogP contribution >= 0.6 is 0 Å². The number of fused-ring (bicyclic) bond motifs is 1. The zero-order chi connectivity index (χ0) is 21.3. The Balaban J connectivity index is 1.49. The minimum absolute atomic E-state index is 0.166. The van der Waals surface area contributed by atoms with Crippen LogP contribution in [0.1, 0.15) is 43.6 Å². The number of nitrogens with zero attached hydrogens (tertiary/aromatic N) is 1. The van der Waals surface area contributed by atoms with E-state index in [1.54, 1.807) is 28.6 Å². The Bertz CT molecular complexity index is 1000. The molecule has 7 nitrogen and oxygen atoms in total. The van der Waals surface area contributed by atoms with E-state index in [0.717, 1.165) is 43.4 Å². The average Bonchev–Trinajstić information content (AvgIpc) is 3.15. The van der Waals surface area contributed by atoms with E-state index in [1.807, 2.05) is 0 Å². The minimum Gasteiger partial charge on any atom is -0.381 e. The predicted molar refractivity (Wildman–Crippen MR) is 116 cm³/mol. The summed E-state index contributed by atoms with van der Waals surface area (Å²) in [5.41, 5.74) is 1.21. The molecule has 0 bridgehead atoms. The van der Waals surface area contributed by atoms with E-state index in [9.17, 15) is 13.2 Å². The molecular weight excluding hydrogens is 402 g/mol. The first-order chi connectivity index (χ1) is 14.3. The summed E-state index contributed by atoms with van der Waals surface area (Å²) >= 11 is 0. The van der Waals surface area contributed by atoms with Crippen molar-refractivity contribution in [1.82, 2.24) is 14.6 Å². The highest BCUT2D eigenvalue weighted by Crippen LogP contribution is 2.28. The van der Waals surface area contributed by atoms with Gasteiger partial charge >= 0.3 is 0 Å². The number of aromatic nitrogens is 1. The van der Waals surface area contributed by atoms with Gasteiger partial charge in [-0.25, -0.2) is 8.42 Å². The number of rotatable bonds is 5. The van der Waals surface area contributed by atoms with E-state index in [1.165, 1.54) is 0 Å². The summed E-state index contributed by atoms with van der Waals surface area (Å²) in [6.07, 6.45) is 2.97. The van der Waals surface area contributed by atoms with Gasteiger partial charge in [-0.05, 0) is 61.3 Å². The quantitative estimate of drug-likeness (QED) is 0.758. The van der Waals surface area contributed by atoms with Crippen LogP contribution in [-0.2, 0) is 14.8 Å². The minimum atomic E-state index is -3.55.